The van der Waals surface area contributed by atoms with Gasteiger partial charge in [0.05, 0.1) is 0 Å². The second kappa shape index (κ2) is 7.46. The Kier molecular flexibility index (Phi) is 5.49. The van der Waals surface area contributed by atoms with E-state index in [0.29, 0.717) is 6.04 Å². The first-order valence-corrected chi connectivity index (χ1v) is 9.63. The average molecular weight is 344 g/mol. The molecule has 0 bridgehead atoms. The van der Waals surface area contributed by atoms with Crippen molar-refractivity contribution < 1.29 is 9.53 Å². The predicted molar refractivity (Wildman–Crippen MR) is 101 cm³/mol. The molecule has 1 heterocycles. The lowest BCUT2D eigenvalue weighted by Gasteiger charge is -2.37. The van der Waals surface area contributed by atoms with Crippen molar-refractivity contribution >= 4 is 5.97 Å². The first-order chi connectivity index (χ1) is 11.8. The Morgan fingerprint density at radius 2 is 2.08 bits per heavy atom. The molecule has 0 radical (unpaired) electrons. The van der Waals surface area contributed by atoms with Gasteiger partial charge in [0.2, 0.25) is 0 Å². The molecule has 2 aliphatic rings. The molecule has 4 nitrogen and oxygen atoms in total. The summed E-state index contributed by atoms with van der Waals surface area (Å²) in [5.74, 6) is -0.0953. The van der Waals surface area contributed by atoms with Crippen LogP contribution in [0.2, 0.25) is 0 Å². The summed E-state index contributed by atoms with van der Waals surface area (Å²) in [6.07, 6.45) is 4.35. The number of esters is 1. The number of rotatable bonds is 4. The molecule has 138 valence electrons. The summed E-state index contributed by atoms with van der Waals surface area (Å²) in [6.45, 7) is 10.7. The number of ether oxygens (including phenoxy) is 1. The van der Waals surface area contributed by atoms with Crippen LogP contribution in [-0.2, 0) is 28.8 Å². The quantitative estimate of drug-likeness (QED) is 0.853. The van der Waals surface area contributed by atoms with Crippen molar-refractivity contribution in [2.45, 2.75) is 71.1 Å². The third kappa shape index (κ3) is 4.83. The van der Waals surface area contributed by atoms with E-state index in [-0.39, 0.29) is 12.0 Å². The summed E-state index contributed by atoms with van der Waals surface area (Å²) < 4.78 is 5.75. The van der Waals surface area contributed by atoms with Crippen LogP contribution in [0.3, 0.4) is 0 Å². The summed E-state index contributed by atoms with van der Waals surface area (Å²) in [7, 11) is 0. The fraction of sp³-hybridized carbons (Fsp3) is 0.667. The molecule has 1 N–H and O–H groups in total. The van der Waals surface area contributed by atoms with Crippen LogP contribution in [0.25, 0.3) is 0 Å². The van der Waals surface area contributed by atoms with Crippen LogP contribution in [0, 0.1) is 0 Å². The zero-order chi connectivity index (χ0) is 18.0. The second-order valence-corrected chi connectivity index (χ2v) is 8.56. The van der Waals surface area contributed by atoms with Crippen LogP contribution in [0.5, 0.6) is 0 Å². The van der Waals surface area contributed by atoms with Gasteiger partial charge < -0.3 is 10.1 Å². The number of hydrogen-bond acceptors (Lipinski definition) is 4. The minimum atomic E-state index is -0.451. The maximum absolute atomic E-state index is 12.9. The first-order valence-electron chi connectivity index (χ1n) is 9.63. The monoisotopic (exact) mass is 344 g/mol. The maximum Gasteiger partial charge on any atom is 0.324 e. The fourth-order valence-electron chi connectivity index (χ4n) is 3.95. The van der Waals surface area contributed by atoms with Crippen molar-refractivity contribution in [1.29, 1.82) is 0 Å². The number of nitrogens with zero attached hydrogens (tertiary/aromatic N) is 1. The molecule has 0 aromatic heterocycles. The molecule has 0 amide bonds. The number of fused-ring (bicyclic) bond motifs is 1. The van der Waals surface area contributed by atoms with E-state index in [2.05, 4.69) is 35.3 Å². The van der Waals surface area contributed by atoms with Gasteiger partial charge in [-0.25, -0.2) is 0 Å². The molecule has 0 saturated carbocycles. The van der Waals surface area contributed by atoms with Gasteiger partial charge in [-0.15, -0.1) is 0 Å². The van der Waals surface area contributed by atoms with Crippen molar-refractivity contribution in [3.63, 3.8) is 0 Å². The topological polar surface area (TPSA) is 41.6 Å². The number of nitrogens with one attached hydrogen (secondary N) is 1. The normalized spacial score (nSPS) is 22.5. The van der Waals surface area contributed by atoms with Gasteiger partial charge in [0.15, 0.2) is 0 Å². The third-order valence-electron chi connectivity index (χ3n) is 5.11. The Bertz CT molecular complexity index is 621. The molecule has 0 spiro atoms. The van der Waals surface area contributed by atoms with Gasteiger partial charge in [0.1, 0.15) is 11.6 Å². The average Bonchev–Trinajstić information content (AvgIpc) is 2.98. The molecule has 1 aromatic rings. The highest BCUT2D eigenvalue weighted by Crippen LogP contribution is 2.24. The minimum Gasteiger partial charge on any atom is -0.459 e. The van der Waals surface area contributed by atoms with Crippen LogP contribution in [0.15, 0.2) is 18.2 Å². The Hall–Kier alpha value is -1.39. The molecule has 1 aliphatic heterocycles. The smallest absolute Gasteiger partial charge is 0.324 e. The van der Waals surface area contributed by atoms with Crippen molar-refractivity contribution in [3.05, 3.63) is 34.9 Å². The first kappa shape index (κ1) is 18.4. The van der Waals surface area contributed by atoms with Gasteiger partial charge in [0.25, 0.3) is 0 Å². The fourth-order valence-corrected chi connectivity index (χ4v) is 3.95. The standard InChI is InChI=1S/C21H32N2O2/c1-15-14-23(11-10-22-15)19(20(24)25-21(2,3)4)13-16-8-9-17-6-5-7-18(17)12-16/h8-9,12,15,19,22H,5-7,10-11,13-14H2,1-4H3. The number of aryl methyl sites for hydroxylation is 2. The van der Waals surface area contributed by atoms with Crippen molar-refractivity contribution in [1.82, 2.24) is 10.2 Å². The molecule has 3 rings (SSSR count). The summed E-state index contributed by atoms with van der Waals surface area (Å²) in [5.41, 5.74) is 3.75. The van der Waals surface area contributed by atoms with Crippen molar-refractivity contribution in [3.8, 4) is 0 Å². The van der Waals surface area contributed by atoms with E-state index in [1.165, 1.54) is 36.0 Å². The lowest BCUT2D eigenvalue weighted by Crippen LogP contribution is -2.56. The number of carbonyl (C=O) groups excluding carboxylic acids is 1. The van der Waals surface area contributed by atoms with Crippen LogP contribution in [0.1, 0.15) is 50.8 Å². The zero-order valence-corrected chi connectivity index (χ0v) is 16.1. The van der Waals surface area contributed by atoms with E-state index in [9.17, 15) is 4.79 Å². The lowest BCUT2D eigenvalue weighted by atomic mass is 9.99. The van der Waals surface area contributed by atoms with Gasteiger partial charge in [0, 0.05) is 25.7 Å². The van der Waals surface area contributed by atoms with Crippen LogP contribution in [-0.4, -0.2) is 48.2 Å². The van der Waals surface area contributed by atoms with Gasteiger partial charge in [-0.2, -0.15) is 0 Å². The number of benzene rings is 1. The third-order valence-corrected chi connectivity index (χ3v) is 5.11. The van der Waals surface area contributed by atoms with Gasteiger partial charge in [-0.3, -0.25) is 9.69 Å². The Labute approximate surface area is 151 Å². The van der Waals surface area contributed by atoms with Crippen LogP contribution < -0.4 is 5.32 Å². The molecule has 25 heavy (non-hydrogen) atoms. The lowest BCUT2D eigenvalue weighted by molar-refractivity contribution is -0.162. The van der Waals surface area contributed by atoms with Crippen molar-refractivity contribution in [2.24, 2.45) is 0 Å². The summed E-state index contributed by atoms with van der Waals surface area (Å²) >= 11 is 0. The second-order valence-electron chi connectivity index (χ2n) is 8.56. The molecule has 2 unspecified atom stereocenters. The number of carbonyl (C=O) groups is 1. The highest BCUT2D eigenvalue weighted by Gasteiger charge is 2.33. The van der Waals surface area contributed by atoms with Gasteiger partial charge in [-0.05, 0) is 70.1 Å². The van der Waals surface area contributed by atoms with Crippen LogP contribution >= 0.6 is 0 Å². The summed E-state index contributed by atoms with van der Waals surface area (Å²) in [6, 6.07) is 6.96. The summed E-state index contributed by atoms with van der Waals surface area (Å²) in [4.78, 5) is 15.2. The van der Waals surface area contributed by atoms with Gasteiger partial charge >= 0.3 is 5.97 Å². The Morgan fingerprint density at radius 3 is 2.80 bits per heavy atom. The molecular formula is C21H32N2O2. The molecule has 4 heteroatoms. The Balaban J connectivity index is 1.79. The molecule has 1 fully saturated rings. The number of hydrogen-bond donors (Lipinski definition) is 1. The SMILES string of the molecule is CC1CN(C(Cc2ccc3c(c2)CCC3)C(=O)OC(C)(C)C)CCN1. The molecule has 2 atom stereocenters. The van der Waals surface area contributed by atoms with Gasteiger partial charge in [-0.1, -0.05) is 18.2 Å². The molecule has 1 aliphatic carbocycles. The number of piperazine rings is 1. The van der Waals surface area contributed by atoms with E-state index in [1.54, 1.807) is 0 Å². The maximum atomic E-state index is 12.9. The van der Waals surface area contributed by atoms with E-state index in [4.69, 9.17) is 4.74 Å². The van der Waals surface area contributed by atoms with E-state index in [1.807, 2.05) is 20.8 Å². The Morgan fingerprint density at radius 1 is 1.32 bits per heavy atom. The largest absolute Gasteiger partial charge is 0.459 e. The van der Waals surface area contributed by atoms with Crippen molar-refractivity contribution in [2.75, 3.05) is 19.6 Å². The molecular weight excluding hydrogens is 312 g/mol. The van der Waals surface area contributed by atoms with E-state index < -0.39 is 5.60 Å². The minimum absolute atomic E-state index is 0.0953. The predicted octanol–water partition coefficient (Wildman–Crippen LogP) is 2.72. The molecule has 1 saturated heterocycles. The van der Waals surface area contributed by atoms with Crippen LogP contribution in [0.4, 0.5) is 0 Å². The van der Waals surface area contributed by atoms with E-state index >= 15 is 0 Å². The molecule has 1 aromatic carbocycles. The highest BCUT2D eigenvalue weighted by atomic mass is 16.6. The van der Waals surface area contributed by atoms with E-state index in [0.717, 1.165) is 26.1 Å². The highest BCUT2D eigenvalue weighted by molar-refractivity contribution is 5.76. The zero-order valence-electron chi connectivity index (χ0n) is 16.1. The summed E-state index contributed by atoms with van der Waals surface area (Å²) in [5, 5.41) is 3.46.